The minimum Gasteiger partial charge on any atom is -0.282 e. The number of carbonyl (C=O) groups is 4. The predicted molar refractivity (Wildman–Crippen MR) is 127 cm³/mol. The summed E-state index contributed by atoms with van der Waals surface area (Å²) in [5.41, 5.74) is 0.331. The zero-order chi connectivity index (χ0) is 24.3. The second kappa shape index (κ2) is 10.2. The van der Waals surface area contributed by atoms with E-state index in [1.807, 2.05) is 51.1 Å². The predicted octanol–water partition coefficient (Wildman–Crippen LogP) is 4.43. The normalized spacial score (nSPS) is 26.1. The van der Waals surface area contributed by atoms with Crippen molar-refractivity contribution >= 4 is 23.6 Å². The maximum atomic E-state index is 13.3. The van der Waals surface area contributed by atoms with Crippen molar-refractivity contribution in [1.82, 2.24) is 9.80 Å². The number of imide groups is 2. The van der Waals surface area contributed by atoms with Crippen LogP contribution in [0.1, 0.15) is 72.3 Å². The molecule has 0 aromatic heterocycles. The first-order chi connectivity index (χ1) is 15.6. The molecule has 4 amide bonds. The summed E-state index contributed by atoms with van der Waals surface area (Å²) >= 11 is 0. The third kappa shape index (κ3) is 5.04. The van der Waals surface area contributed by atoms with Gasteiger partial charge in [-0.1, -0.05) is 84.2 Å². The first kappa shape index (κ1) is 25.1. The molecule has 0 saturated carbocycles. The van der Waals surface area contributed by atoms with E-state index in [2.05, 4.69) is 6.92 Å². The highest BCUT2D eigenvalue weighted by Gasteiger charge is 2.54. The monoisotopic (exact) mass is 454 g/mol. The van der Waals surface area contributed by atoms with Gasteiger partial charge in [-0.25, -0.2) is 0 Å². The van der Waals surface area contributed by atoms with Crippen LogP contribution in [0, 0.1) is 29.1 Å². The van der Waals surface area contributed by atoms with Crippen molar-refractivity contribution < 1.29 is 19.2 Å². The summed E-state index contributed by atoms with van der Waals surface area (Å²) in [6.45, 7) is 10.4. The number of benzene rings is 1. The molecule has 1 aromatic carbocycles. The van der Waals surface area contributed by atoms with Crippen molar-refractivity contribution in [2.75, 3.05) is 6.54 Å². The molecule has 4 atom stereocenters. The highest BCUT2D eigenvalue weighted by molar-refractivity contribution is 6.06. The second-order valence-electron chi connectivity index (χ2n) is 10.5. The second-order valence-corrected chi connectivity index (χ2v) is 10.5. The molecule has 2 aliphatic rings. The average molecular weight is 455 g/mol. The van der Waals surface area contributed by atoms with E-state index in [0.29, 0.717) is 13.0 Å². The topological polar surface area (TPSA) is 74.8 Å². The van der Waals surface area contributed by atoms with Crippen molar-refractivity contribution in [3.8, 4) is 0 Å². The van der Waals surface area contributed by atoms with Crippen LogP contribution in [0.25, 0.3) is 0 Å². The van der Waals surface area contributed by atoms with Crippen LogP contribution in [0.15, 0.2) is 30.3 Å². The molecule has 4 unspecified atom stereocenters. The van der Waals surface area contributed by atoms with Gasteiger partial charge in [0.15, 0.2) is 0 Å². The Morgan fingerprint density at radius 1 is 0.788 bits per heavy atom. The molecule has 180 valence electrons. The molecule has 6 heteroatoms. The fraction of sp³-hybridized carbons (Fsp3) is 0.630. The lowest BCUT2D eigenvalue weighted by Crippen LogP contribution is -2.38. The van der Waals surface area contributed by atoms with Gasteiger partial charge in [0, 0.05) is 18.4 Å². The van der Waals surface area contributed by atoms with Crippen LogP contribution in [-0.4, -0.2) is 40.0 Å². The zero-order valence-corrected chi connectivity index (χ0v) is 20.7. The van der Waals surface area contributed by atoms with E-state index in [0.717, 1.165) is 31.2 Å². The molecule has 2 aliphatic heterocycles. The van der Waals surface area contributed by atoms with Crippen LogP contribution >= 0.6 is 0 Å². The Morgan fingerprint density at radius 2 is 1.42 bits per heavy atom. The minimum absolute atomic E-state index is 0.109. The van der Waals surface area contributed by atoms with Crippen LogP contribution in [0.5, 0.6) is 0 Å². The van der Waals surface area contributed by atoms with E-state index in [-0.39, 0.29) is 30.2 Å². The van der Waals surface area contributed by atoms with Crippen molar-refractivity contribution in [3.63, 3.8) is 0 Å². The van der Waals surface area contributed by atoms with E-state index in [1.165, 1.54) is 9.80 Å². The number of nitrogens with zero attached hydrogens (tertiary/aromatic N) is 2. The average Bonchev–Trinajstić information content (AvgIpc) is 3.11. The van der Waals surface area contributed by atoms with E-state index < -0.39 is 29.1 Å². The fourth-order valence-electron chi connectivity index (χ4n) is 5.63. The smallest absolute Gasteiger partial charge is 0.233 e. The van der Waals surface area contributed by atoms with Gasteiger partial charge in [-0.05, 0) is 23.8 Å². The maximum absolute atomic E-state index is 13.3. The molecule has 0 radical (unpaired) electrons. The SMILES string of the molecule is CCCCCCN1C(=O)C(C)C(C(C)(C)CC2C(=O)N(Cc3ccccc3)C(=O)C2C)C1=O. The molecule has 0 N–H and O–H groups in total. The quantitative estimate of drug-likeness (QED) is 0.387. The molecule has 2 fully saturated rings. The number of hydrogen-bond acceptors (Lipinski definition) is 4. The molecular formula is C27H38N2O4. The Labute approximate surface area is 197 Å². The van der Waals surface area contributed by atoms with Gasteiger partial charge in [0.1, 0.15) is 0 Å². The van der Waals surface area contributed by atoms with Gasteiger partial charge in [-0.2, -0.15) is 0 Å². The number of rotatable bonds is 10. The molecule has 0 aliphatic carbocycles. The Kier molecular flexibility index (Phi) is 7.76. The molecule has 2 heterocycles. The number of unbranched alkanes of at least 4 members (excludes halogenated alkanes) is 3. The van der Waals surface area contributed by atoms with Crippen molar-refractivity contribution in [2.45, 2.75) is 73.3 Å². The summed E-state index contributed by atoms with van der Waals surface area (Å²) in [4.78, 5) is 55.1. The van der Waals surface area contributed by atoms with Gasteiger partial charge in [0.05, 0.1) is 18.4 Å². The van der Waals surface area contributed by atoms with Gasteiger partial charge in [0.25, 0.3) is 0 Å². The first-order valence-electron chi connectivity index (χ1n) is 12.3. The van der Waals surface area contributed by atoms with Crippen LogP contribution in [0.4, 0.5) is 0 Å². The standard InChI is InChI=1S/C27H38N2O4/c1-6-7-8-12-15-28-24(31)19(3)22(26(28)33)27(4,5)16-21-18(2)23(30)29(25(21)32)17-20-13-10-9-11-14-20/h9-11,13-14,18-19,21-22H,6-8,12,15-17H2,1-5H3. The molecule has 0 bridgehead atoms. The first-order valence-corrected chi connectivity index (χ1v) is 12.3. The van der Waals surface area contributed by atoms with Crippen LogP contribution in [0.2, 0.25) is 0 Å². The Bertz CT molecular complexity index is 895. The van der Waals surface area contributed by atoms with Crippen LogP contribution in [0.3, 0.4) is 0 Å². The van der Waals surface area contributed by atoms with Crippen molar-refractivity contribution in [2.24, 2.45) is 29.1 Å². The lowest BCUT2D eigenvalue weighted by Gasteiger charge is -2.34. The highest BCUT2D eigenvalue weighted by Crippen LogP contribution is 2.46. The fourth-order valence-corrected chi connectivity index (χ4v) is 5.63. The van der Waals surface area contributed by atoms with Crippen LogP contribution < -0.4 is 0 Å². The lowest BCUT2D eigenvalue weighted by atomic mass is 9.67. The summed E-state index contributed by atoms with van der Waals surface area (Å²) in [6.07, 6.45) is 4.43. The van der Waals surface area contributed by atoms with E-state index in [1.54, 1.807) is 6.92 Å². The number of carbonyl (C=O) groups excluding carboxylic acids is 4. The maximum Gasteiger partial charge on any atom is 0.233 e. The van der Waals surface area contributed by atoms with E-state index in [4.69, 9.17) is 0 Å². The number of amides is 4. The third-order valence-corrected chi connectivity index (χ3v) is 7.54. The van der Waals surface area contributed by atoms with Gasteiger partial charge < -0.3 is 0 Å². The molecule has 3 rings (SSSR count). The summed E-state index contributed by atoms with van der Waals surface area (Å²) < 4.78 is 0. The molecule has 33 heavy (non-hydrogen) atoms. The summed E-state index contributed by atoms with van der Waals surface area (Å²) in [6, 6.07) is 9.49. The largest absolute Gasteiger partial charge is 0.282 e. The third-order valence-electron chi connectivity index (χ3n) is 7.54. The summed E-state index contributed by atoms with van der Waals surface area (Å²) in [7, 11) is 0. The zero-order valence-electron chi connectivity index (χ0n) is 20.7. The Hall–Kier alpha value is -2.50. The molecule has 1 aromatic rings. The summed E-state index contributed by atoms with van der Waals surface area (Å²) in [5, 5.41) is 0. The van der Waals surface area contributed by atoms with E-state index >= 15 is 0 Å². The Morgan fingerprint density at radius 3 is 2.06 bits per heavy atom. The van der Waals surface area contributed by atoms with Crippen molar-refractivity contribution in [1.29, 1.82) is 0 Å². The number of likely N-dealkylation sites (tertiary alicyclic amines) is 2. The summed E-state index contributed by atoms with van der Waals surface area (Å²) in [5.74, 6) is -2.38. The molecule has 6 nitrogen and oxygen atoms in total. The Balaban J connectivity index is 1.72. The minimum atomic E-state index is -0.581. The lowest BCUT2D eigenvalue weighted by molar-refractivity contribution is -0.143. The van der Waals surface area contributed by atoms with Gasteiger partial charge in [-0.3, -0.25) is 29.0 Å². The van der Waals surface area contributed by atoms with E-state index in [9.17, 15) is 19.2 Å². The number of hydrogen-bond donors (Lipinski definition) is 0. The van der Waals surface area contributed by atoms with Gasteiger partial charge >= 0.3 is 0 Å². The van der Waals surface area contributed by atoms with Gasteiger partial charge in [0.2, 0.25) is 23.6 Å². The molecule has 2 saturated heterocycles. The van der Waals surface area contributed by atoms with Crippen LogP contribution in [-0.2, 0) is 25.7 Å². The van der Waals surface area contributed by atoms with Crippen molar-refractivity contribution in [3.05, 3.63) is 35.9 Å². The van der Waals surface area contributed by atoms with Gasteiger partial charge in [-0.15, -0.1) is 0 Å². The molecular weight excluding hydrogens is 416 g/mol. The highest BCUT2D eigenvalue weighted by atomic mass is 16.2. The molecule has 0 spiro atoms.